The normalized spacial score (nSPS) is 11.5. The predicted molar refractivity (Wildman–Crippen MR) is 123 cm³/mol. The lowest BCUT2D eigenvalue weighted by Gasteiger charge is -2.14. The van der Waals surface area contributed by atoms with Crippen molar-refractivity contribution in [2.24, 2.45) is 0 Å². The fourth-order valence-electron chi connectivity index (χ4n) is 3.23. The molecule has 1 aromatic heterocycles. The van der Waals surface area contributed by atoms with Gasteiger partial charge in [-0.2, -0.15) is 13.2 Å². The topological polar surface area (TPSA) is 64.0 Å². The van der Waals surface area contributed by atoms with Crippen molar-refractivity contribution in [3.05, 3.63) is 94.3 Å². The molecule has 33 heavy (non-hydrogen) atoms. The summed E-state index contributed by atoms with van der Waals surface area (Å²) in [6, 6.07) is 18.6. The van der Waals surface area contributed by atoms with Gasteiger partial charge in [-0.3, -0.25) is 14.2 Å². The molecule has 1 heterocycles. The van der Waals surface area contributed by atoms with Crippen LogP contribution in [0.1, 0.15) is 11.1 Å². The number of aromatic nitrogens is 2. The Morgan fingerprint density at radius 2 is 1.76 bits per heavy atom. The van der Waals surface area contributed by atoms with Gasteiger partial charge in [0, 0.05) is 5.69 Å². The lowest BCUT2D eigenvalue weighted by Crippen LogP contribution is -2.23. The van der Waals surface area contributed by atoms with Gasteiger partial charge in [-0.15, -0.1) is 0 Å². The number of amides is 1. The standard InChI is InChI=1S/C24H18F3N3O2S/c1-15-9-11-18(12-10-15)30-22(32)19-7-2-3-8-20(19)29-23(30)33-14-21(31)28-17-6-4-5-16(13-17)24(25,26)27/h2-13H,14H2,1H3,(H,28,31). The second kappa shape index (κ2) is 9.11. The molecule has 0 aliphatic rings. The van der Waals surface area contributed by atoms with E-state index in [9.17, 15) is 22.8 Å². The van der Waals surface area contributed by atoms with E-state index in [1.165, 1.54) is 16.7 Å². The van der Waals surface area contributed by atoms with Crippen molar-refractivity contribution < 1.29 is 18.0 Å². The van der Waals surface area contributed by atoms with E-state index in [1.54, 1.807) is 36.4 Å². The number of halogens is 3. The van der Waals surface area contributed by atoms with Crippen LogP contribution >= 0.6 is 11.8 Å². The number of carbonyl (C=O) groups is 1. The second-order valence-electron chi connectivity index (χ2n) is 7.30. The average Bonchev–Trinajstić information content (AvgIpc) is 2.78. The van der Waals surface area contributed by atoms with Crippen LogP contribution in [0.25, 0.3) is 16.6 Å². The third-order valence-corrected chi connectivity index (χ3v) is 5.78. The summed E-state index contributed by atoms with van der Waals surface area (Å²) in [4.78, 5) is 30.2. The van der Waals surface area contributed by atoms with E-state index in [1.807, 2.05) is 19.1 Å². The van der Waals surface area contributed by atoms with Crippen molar-refractivity contribution in [2.45, 2.75) is 18.3 Å². The zero-order chi connectivity index (χ0) is 23.6. The molecule has 0 aliphatic carbocycles. The number of fused-ring (bicyclic) bond motifs is 1. The molecule has 0 spiro atoms. The lowest BCUT2D eigenvalue weighted by molar-refractivity contribution is -0.137. The Kier molecular flexibility index (Phi) is 6.24. The fourth-order valence-corrected chi connectivity index (χ4v) is 4.04. The van der Waals surface area contributed by atoms with Gasteiger partial charge in [-0.25, -0.2) is 4.98 Å². The van der Waals surface area contributed by atoms with Gasteiger partial charge in [0.1, 0.15) is 0 Å². The van der Waals surface area contributed by atoms with Gasteiger partial charge in [0.2, 0.25) is 5.91 Å². The Balaban J connectivity index is 1.62. The molecular weight excluding hydrogens is 451 g/mol. The van der Waals surface area contributed by atoms with E-state index in [4.69, 9.17) is 0 Å². The molecule has 4 aromatic rings. The largest absolute Gasteiger partial charge is 0.416 e. The SMILES string of the molecule is Cc1ccc(-n2c(SCC(=O)Nc3cccc(C(F)(F)F)c3)nc3ccccc3c2=O)cc1. The molecule has 0 bridgehead atoms. The van der Waals surface area contributed by atoms with Gasteiger partial charge < -0.3 is 5.32 Å². The number of thioether (sulfide) groups is 1. The summed E-state index contributed by atoms with van der Waals surface area (Å²) < 4.78 is 40.2. The van der Waals surface area contributed by atoms with Crippen LogP contribution in [-0.2, 0) is 11.0 Å². The van der Waals surface area contributed by atoms with Crippen LogP contribution in [0.5, 0.6) is 0 Å². The number of benzene rings is 3. The summed E-state index contributed by atoms with van der Waals surface area (Å²) in [5, 5.41) is 3.22. The van der Waals surface area contributed by atoms with Gasteiger partial charge in [-0.05, 0) is 49.4 Å². The molecule has 0 saturated carbocycles. The Labute approximate surface area is 191 Å². The molecule has 0 atom stereocenters. The Bertz CT molecular complexity index is 1380. The first-order chi connectivity index (χ1) is 15.7. The van der Waals surface area contributed by atoms with Crippen molar-refractivity contribution in [3.8, 4) is 5.69 Å². The van der Waals surface area contributed by atoms with E-state index in [0.717, 1.165) is 29.5 Å². The fraction of sp³-hybridized carbons (Fsp3) is 0.125. The van der Waals surface area contributed by atoms with Crippen LogP contribution in [-0.4, -0.2) is 21.2 Å². The molecule has 5 nitrogen and oxygen atoms in total. The van der Waals surface area contributed by atoms with E-state index in [2.05, 4.69) is 10.3 Å². The molecule has 1 amide bonds. The van der Waals surface area contributed by atoms with Crippen LogP contribution in [0, 0.1) is 6.92 Å². The van der Waals surface area contributed by atoms with E-state index < -0.39 is 17.6 Å². The van der Waals surface area contributed by atoms with Crippen molar-refractivity contribution in [1.29, 1.82) is 0 Å². The average molecular weight is 469 g/mol. The summed E-state index contributed by atoms with van der Waals surface area (Å²) in [7, 11) is 0. The number of rotatable bonds is 5. The smallest absolute Gasteiger partial charge is 0.325 e. The number of nitrogens with zero attached hydrogens (tertiary/aromatic N) is 2. The van der Waals surface area contributed by atoms with Crippen molar-refractivity contribution in [2.75, 3.05) is 11.1 Å². The van der Waals surface area contributed by atoms with Crippen molar-refractivity contribution in [3.63, 3.8) is 0 Å². The number of carbonyl (C=O) groups excluding carboxylic acids is 1. The second-order valence-corrected chi connectivity index (χ2v) is 8.25. The number of hydrogen-bond acceptors (Lipinski definition) is 4. The molecule has 0 aliphatic heterocycles. The van der Waals surface area contributed by atoms with Gasteiger partial charge in [0.25, 0.3) is 5.56 Å². The lowest BCUT2D eigenvalue weighted by atomic mass is 10.2. The predicted octanol–water partition coefficient (Wildman–Crippen LogP) is 5.44. The molecular formula is C24H18F3N3O2S. The van der Waals surface area contributed by atoms with Crippen LogP contribution < -0.4 is 10.9 Å². The maximum Gasteiger partial charge on any atom is 0.416 e. The maximum atomic E-state index is 13.2. The Morgan fingerprint density at radius 1 is 1.03 bits per heavy atom. The molecule has 168 valence electrons. The van der Waals surface area contributed by atoms with Crippen molar-refractivity contribution >= 4 is 34.3 Å². The van der Waals surface area contributed by atoms with Gasteiger partial charge in [-0.1, -0.05) is 47.7 Å². The first-order valence-electron chi connectivity index (χ1n) is 9.91. The monoisotopic (exact) mass is 469 g/mol. The number of aryl methyl sites for hydroxylation is 1. The zero-order valence-corrected chi connectivity index (χ0v) is 18.2. The summed E-state index contributed by atoms with van der Waals surface area (Å²) in [5.41, 5.74) is 1.03. The number of anilines is 1. The molecule has 1 N–H and O–H groups in total. The maximum absolute atomic E-state index is 13.2. The highest BCUT2D eigenvalue weighted by atomic mass is 32.2. The van der Waals surface area contributed by atoms with Crippen LogP contribution in [0.3, 0.4) is 0 Å². The van der Waals surface area contributed by atoms with Crippen LogP contribution in [0.15, 0.2) is 82.7 Å². The highest BCUT2D eigenvalue weighted by molar-refractivity contribution is 7.99. The quantitative estimate of drug-likeness (QED) is 0.312. The molecule has 0 saturated heterocycles. The Hall–Kier alpha value is -3.59. The third kappa shape index (κ3) is 5.09. The number of para-hydroxylation sites is 1. The number of nitrogens with one attached hydrogen (secondary N) is 1. The summed E-state index contributed by atoms with van der Waals surface area (Å²) in [6.45, 7) is 1.93. The molecule has 0 unspecified atom stereocenters. The van der Waals surface area contributed by atoms with E-state index in [0.29, 0.717) is 21.7 Å². The molecule has 9 heteroatoms. The first-order valence-corrected chi connectivity index (χ1v) is 10.9. The molecule has 3 aromatic carbocycles. The summed E-state index contributed by atoms with van der Waals surface area (Å²) in [5.74, 6) is -0.662. The minimum Gasteiger partial charge on any atom is -0.325 e. The van der Waals surface area contributed by atoms with Crippen molar-refractivity contribution in [1.82, 2.24) is 9.55 Å². The van der Waals surface area contributed by atoms with E-state index in [-0.39, 0.29) is 17.0 Å². The van der Waals surface area contributed by atoms with Gasteiger partial charge in [0.05, 0.1) is 27.9 Å². The third-order valence-electron chi connectivity index (χ3n) is 4.84. The number of alkyl halides is 3. The summed E-state index contributed by atoms with van der Waals surface area (Å²) >= 11 is 1.03. The van der Waals surface area contributed by atoms with Crippen LogP contribution in [0.2, 0.25) is 0 Å². The van der Waals surface area contributed by atoms with Gasteiger partial charge >= 0.3 is 6.18 Å². The minimum atomic E-state index is -4.51. The molecule has 4 rings (SSSR count). The Morgan fingerprint density at radius 3 is 2.48 bits per heavy atom. The van der Waals surface area contributed by atoms with Gasteiger partial charge in [0.15, 0.2) is 5.16 Å². The molecule has 0 fully saturated rings. The minimum absolute atomic E-state index is 0.0396. The zero-order valence-electron chi connectivity index (χ0n) is 17.4. The molecule has 0 radical (unpaired) electrons. The number of hydrogen-bond donors (Lipinski definition) is 1. The van der Waals surface area contributed by atoms with E-state index >= 15 is 0 Å². The first kappa shape index (κ1) is 22.6. The summed E-state index contributed by atoms with van der Waals surface area (Å²) in [6.07, 6.45) is -4.51. The van der Waals surface area contributed by atoms with Crippen LogP contribution in [0.4, 0.5) is 18.9 Å². The highest BCUT2D eigenvalue weighted by Gasteiger charge is 2.30. The highest BCUT2D eigenvalue weighted by Crippen LogP contribution is 2.30.